The molecule has 0 radical (unpaired) electrons. The van der Waals surface area contributed by atoms with Gasteiger partial charge in [-0.3, -0.25) is 4.79 Å². The van der Waals surface area contributed by atoms with E-state index in [4.69, 9.17) is 58.0 Å². The van der Waals surface area contributed by atoms with E-state index in [1.807, 2.05) is 0 Å². The number of carbonyl (C=O) groups is 1. The molecule has 76 valence electrons. The van der Waals surface area contributed by atoms with E-state index in [0.29, 0.717) is 10.0 Å². The Morgan fingerprint density at radius 3 is 1.79 bits per heavy atom. The van der Waals surface area contributed by atoms with Crippen LogP contribution in [0.25, 0.3) is 0 Å². The highest BCUT2D eigenvalue weighted by molar-refractivity contribution is 6.77. The molecular weight excluding hydrogens is 289 g/mol. The Bertz CT molecular complexity index is 348. The third-order valence-corrected chi connectivity index (χ3v) is 2.33. The van der Waals surface area contributed by atoms with E-state index in [2.05, 4.69) is 0 Å². The molecule has 0 amide bonds. The van der Waals surface area contributed by atoms with Crippen molar-refractivity contribution in [1.29, 1.82) is 0 Å². The van der Waals surface area contributed by atoms with Crippen LogP contribution in [-0.4, -0.2) is 9.58 Å². The summed E-state index contributed by atoms with van der Waals surface area (Å²) in [5.41, 5.74) is 0.169. The van der Waals surface area contributed by atoms with Crippen LogP contribution in [0, 0.1) is 0 Å². The van der Waals surface area contributed by atoms with Crippen LogP contribution in [0.2, 0.25) is 10.0 Å². The van der Waals surface area contributed by atoms with Gasteiger partial charge >= 0.3 is 0 Å². The van der Waals surface area contributed by atoms with E-state index in [-0.39, 0.29) is 5.56 Å². The van der Waals surface area contributed by atoms with E-state index in [1.165, 1.54) is 18.2 Å². The Morgan fingerprint density at radius 2 is 1.43 bits per heavy atom. The van der Waals surface area contributed by atoms with Gasteiger partial charge in [-0.1, -0.05) is 58.0 Å². The maximum Gasteiger partial charge on any atom is 0.253 e. The van der Waals surface area contributed by atoms with Crippen molar-refractivity contribution in [2.45, 2.75) is 3.79 Å². The first-order chi connectivity index (χ1) is 6.30. The number of hydrogen-bond donors (Lipinski definition) is 0. The number of Topliss-reactive ketones (excluding diaryl/α,β-unsaturated/α-hetero) is 1. The average molecular weight is 292 g/mol. The van der Waals surface area contributed by atoms with E-state index in [1.54, 1.807) is 0 Å². The Kier molecular flexibility index (Phi) is 3.95. The number of hydrogen-bond acceptors (Lipinski definition) is 1. The van der Waals surface area contributed by atoms with Gasteiger partial charge in [0, 0.05) is 15.6 Å². The van der Waals surface area contributed by atoms with Crippen LogP contribution in [0.1, 0.15) is 10.4 Å². The Hall–Kier alpha value is 0.340. The second kappa shape index (κ2) is 4.46. The predicted molar refractivity (Wildman–Crippen MR) is 61.1 cm³/mol. The highest BCUT2D eigenvalue weighted by Crippen LogP contribution is 2.32. The van der Waals surface area contributed by atoms with E-state index < -0.39 is 9.58 Å². The van der Waals surface area contributed by atoms with Gasteiger partial charge in [-0.15, -0.1) is 0 Å². The van der Waals surface area contributed by atoms with Gasteiger partial charge in [0.05, 0.1) is 0 Å². The minimum atomic E-state index is -1.99. The summed E-state index contributed by atoms with van der Waals surface area (Å²) in [5.74, 6) is -0.660. The molecule has 6 heteroatoms. The van der Waals surface area contributed by atoms with Crippen molar-refractivity contribution < 1.29 is 4.79 Å². The van der Waals surface area contributed by atoms with Crippen LogP contribution in [0.4, 0.5) is 0 Å². The largest absolute Gasteiger partial charge is 0.289 e. The molecule has 0 spiro atoms. The van der Waals surface area contributed by atoms with Gasteiger partial charge in [-0.25, -0.2) is 0 Å². The zero-order chi connectivity index (χ0) is 10.9. The zero-order valence-corrected chi connectivity index (χ0v) is 10.3. The summed E-state index contributed by atoms with van der Waals surface area (Å²) in [5, 5.41) is 0.630. The Balaban J connectivity index is 3.14. The van der Waals surface area contributed by atoms with Crippen LogP contribution < -0.4 is 0 Å². The number of halogens is 5. The first-order valence-corrected chi connectivity index (χ1v) is 5.27. The minimum absolute atomic E-state index is 0.169. The van der Waals surface area contributed by atoms with Crippen LogP contribution in [-0.2, 0) is 0 Å². The fourth-order valence-corrected chi connectivity index (χ4v) is 1.70. The lowest BCUT2D eigenvalue weighted by Gasteiger charge is -2.09. The van der Waals surface area contributed by atoms with Gasteiger partial charge in [0.2, 0.25) is 5.78 Å². The predicted octanol–water partition coefficient (Wildman–Crippen LogP) is 4.55. The lowest BCUT2D eigenvalue weighted by Crippen LogP contribution is -2.18. The van der Waals surface area contributed by atoms with Crippen molar-refractivity contribution in [2.24, 2.45) is 0 Å². The number of ketones is 1. The van der Waals surface area contributed by atoms with Gasteiger partial charge in [-0.2, -0.15) is 0 Å². The quantitative estimate of drug-likeness (QED) is 0.548. The van der Waals surface area contributed by atoms with Crippen LogP contribution in [0.5, 0.6) is 0 Å². The minimum Gasteiger partial charge on any atom is -0.289 e. The van der Waals surface area contributed by atoms with Crippen molar-refractivity contribution >= 4 is 63.8 Å². The molecule has 0 saturated heterocycles. The van der Waals surface area contributed by atoms with Crippen molar-refractivity contribution in [1.82, 2.24) is 0 Å². The molecule has 0 aliphatic carbocycles. The smallest absolute Gasteiger partial charge is 0.253 e. The van der Waals surface area contributed by atoms with Crippen LogP contribution in [0.3, 0.4) is 0 Å². The lowest BCUT2D eigenvalue weighted by molar-refractivity contribution is 0.0996. The molecular formula is C8H3Cl5O. The number of benzene rings is 1. The van der Waals surface area contributed by atoms with Crippen molar-refractivity contribution in [2.75, 3.05) is 0 Å². The summed E-state index contributed by atoms with van der Waals surface area (Å²) < 4.78 is -1.99. The third-order valence-electron chi connectivity index (χ3n) is 1.38. The highest BCUT2D eigenvalue weighted by atomic mass is 35.6. The second-order valence-corrected chi connectivity index (χ2v) is 5.64. The number of alkyl halides is 3. The van der Waals surface area contributed by atoms with Crippen LogP contribution in [0.15, 0.2) is 18.2 Å². The third kappa shape index (κ3) is 3.18. The van der Waals surface area contributed by atoms with Gasteiger partial charge < -0.3 is 0 Å². The van der Waals surface area contributed by atoms with Crippen molar-refractivity contribution in [3.05, 3.63) is 33.8 Å². The molecule has 0 aliphatic heterocycles. The molecule has 0 heterocycles. The summed E-state index contributed by atoms with van der Waals surface area (Å²) in [6.07, 6.45) is 0. The fraction of sp³-hybridized carbons (Fsp3) is 0.125. The summed E-state index contributed by atoms with van der Waals surface area (Å²) in [7, 11) is 0. The monoisotopic (exact) mass is 290 g/mol. The van der Waals surface area contributed by atoms with Crippen molar-refractivity contribution in [3.63, 3.8) is 0 Å². The fourth-order valence-electron chi connectivity index (χ4n) is 0.849. The first kappa shape index (κ1) is 12.4. The number of rotatable bonds is 1. The second-order valence-electron chi connectivity index (χ2n) is 2.49. The first-order valence-electron chi connectivity index (χ1n) is 3.38. The van der Waals surface area contributed by atoms with E-state index in [0.717, 1.165) is 0 Å². The van der Waals surface area contributed by atoms with E-state index >= 15 is 0 Å². The molecule has 0 saturated carbocycles. The topological polar surface area (TPSA) is 17.1 Å². The lowest BCUT2D eigenvalue weighted by atomic mass is 10.1. The molecule has 1 rings (SSSR count). The van der Waals surface area contributed by atoms with Crippen LogP contribution >= 0.6 is 58.0 Å². The summed E-state index contributed by atoms with van der Waals surface area (Å²) in [4.78, 5) is 11.5. The summed E-state index contributed by atoms with van der Waals surface area (Å²) in [6, 6.07) is 4.26. The highest BCUT2D eigenvalue weighted by Gasteiger charge is 2.31. The Labute approximate surface area is 106 Å². The summed E-state index contributed by atoms with van der Waals surface area (Å²) >= 11 is 27.6. The Morgan fingerprint density at radius 1 is 1.00 bits per heavy atom. The normalized spacial score (nSPS) is 11.5. The van der Waals surface area contributed by atoms with Crippen molar-refractivity contribution in [3.8, 4) is 0 Å². The standard InChI is InChI=1S/C8H3Cl5O/c9-5-1-4(2-6(10)3-5)7(14)8(11,12)13/h1-3H. The van der Waals surface area contributed by atoms with Gasteiger partial charge in [-0.05, 0) is 18.2 Å². The zero-order valence-electron chi connectivity index (χ0n) is 6.53. The molecule has 1 aromatic carbocycles. The molecule has 1 aromatic rings. The SMILES string of the molecule is O=C(c1cc(Cl)cc(Cl)c1)C(Cl)(Cl)Cl. The maximum absolute atomic E-state index is 11.5. The molecule has 0 fully saturated rings. The van der Waals surface area contributed by atoms with Gasteiger partial charge in [0.25, 0.3) is 3.79 Å². The maximum atomic E-state index is 11.5. The average Bonchev–Trinajstić information content (AvgIpc) is 1.99. The molecule has 0 N–H and O–H groups in total. The summed E-state index contributed by atoms with van der Waals surface area (Å²) in [6.45, 7) is 0. The number of carbonyl (C=O) groups excluding carboxylic acids is 1. The van der Waals surface area contributed by atoms with Gasteiger partial charge in [0.1, 0.15) is 0 Å². The molecule has 0 unspecified atom stereocenters. The molecule has 0 atom stereocenters. The molecule has 0 bridgehead atoms. The molecule has 14 heavy (non-hydrogen) atoms. The molecule has 0 aromatic heterocycles. The molecule has 0 aliphatic rings. The van der Waals surface area contributed by atoms with E-state index in [9.17, 15) is 4.79 Å². The van der Waals surface area contributed by atoms with Gasteiger partial charge in [0.15, 0.2) is 0 Å². The molecule has 1 nitrogen and oxygen atoms in total.